The van der Waals surface area contributed by atoms with Gasteiger partial charge in [0, 0.05) is 32.7 Å². The highest BCUT2D eigenvalue weighted by atomic mass is 19.1. The maximum absolute atomic E-state index is 13.5. The summed E-state index contributed by atoms with van der Waals surface area (Å²) in [6.07, 6.45) is 3.39. The van der Waals surface area contributed by atoms with Gasteiger partial charge in [-0.3, -0.25) is 19.3 Å². The Morgan fingerprint density at radius 1 is 1.17 bits per heavy atom. The zero-order chi connectivity index (χ0) is 25.2. The molecular formula is C27H27FN4O4. The number of halogens is 1. The van der Waals surface area contributed by atoms with Gasteiger partial charge in [0.2, 0.25) is 5.91 Å². The summed E-state index contributed by atoms with van der Waals surface area (Å²) in [6.45, 7) is 1.68. The third-order valence-corrected chi connectivity index (χ3v) is 6.87. The molecule has 0 radical (unpaired) electrons. The second-order valence-electron chi connectivity index (χ2n) is 9.31. The Kier molecular flexibility index (Phi) is 6.54. The molecule has 2 aromatic carbocycles. The van der Waals surface area contributed by atoms with E-state index in [1.165, 1.54) is 23.3 Å². The summed E-state index contributed by atoms with van der Waals surface area (Å²) in [5.74, 6) is -1.26. The van der Waals surface area contributed by atoms with Gasteiger partial charge in [-0.1, -0.05) is 23.4 Å². The summed E-state index contributed by atoms with van der Waals surface area (Å²) >= 11 is 0. The minimum Gasteiger partial charge on any atom is -0.370 e. The molecule has 0 aliphatic carbocycles. The summed E-state index contributed by atoms with van der Waals surface area (Å²) in [5, 5.41) is 3.87. The van der Waals surface area contributed by atoms with Crippen molar-refractivity contribution in [3.63, 3.8) is 0 Å². The first kappa shape index (κ1) is 23.7. The number of carbonyl (C=O) groups is 3. The molecule has 0 bridgehead atoms. The molecule has 3 amide bonds. The lowest BCUT2D eigenvalue weighted by atomic mass is 9.95. The van der Waals surface area contributed by atoms with Crippen LogP contribution in [0.4, 0.5) is 10.1 Å². The molecule has 36 heavy (non-hydrogen) atoms. The van der Waals surface area contributed by atoms with Crippen molar-refractivity contribution in [3.8, 4) is 0 Å². The van der Waals surface area contributed by atoms with Crippen LogP contribution >= 0.6 is 0 Å². The molecule has 2 aliphatic rings. The summed E-state index contributed by atoms with van der Waals surface area (Å²) in [4.78, 5) is 44.5. The van der Waals surface area contributed by atoms with Gasteiger partial charge in [-0.25, -0.2) is 4.39 Å². The molecule has 186 valence electrons. The number of piperidine rings is 1. The summed E-state index contributed by atoms with van der Waals surface area (Å²) in [6, 6.07) is 13.2. The van der Waals surface area contributed by atoms with Gasteiger partial charge < -0.3 is 14.3 Å². The Morgan fingerprint density at radius 3 is 2.78 bits per heavy atom. The third-order valence-electron chi connectivity index (χ3n) is 6.87. The van der Waals surface area contributed by atoms with Crippen LogP contribution in [0.1, 0.15) is 44.8 Å². The Morgan fingerprint density at radius 2 is 2.00 bits per heavy atom. The van der Waals surface area contributed by atoms with Crippen LogP contribution in [0, 0.1) is 11.7 Å². The quantitative estimate of drug-likeness (QED) is 0.471. The standard InChI is InChI=1S/C27H27FN4O4/c1-30(17-21-11-14-36-29-21)25(33)19-6-4-12-31(16-19)23-9-3-8-22-24(23)27(35)32(26(22)34)13-10-18-5-2-7-20(28)15-18/h2-3,5,7-9,11,14-15,19H,4,6,10,12-13,16-17H2,1H3/t19-/m1/s1. The van der Waals surface area contributed by atoms with Gasteiger partial charge in [-0.2, -0.15) is 0 Å². The highest BCUT2D eigenvalue weighted by molar-refractivity contribution is 6.23. The van der Waals surface area contributed by atoms with Gasteiger partial charge in [-0.05, 0) is 49.1 Å². The first-order valence-electron chi connectivity index (χ1n) is 12.0. The van der Waals surface area contributed by atoms with Crippen molar-refractivity contribution in [1.82, 2.24) is 15.0 Å². The van der Waals surface area contributed by atoms with Gasteiger partial charge in [0.1, 0.15) is 17.8 Å². The van der Waals surface area contributed by atoms with Gasteiger partial charge in [0.15, 0.2) is 0 Å². The molecule has 1 saturated heterocycles. The highest BCUT2D eigenvalue weighted by Crippen LogP contribution is 2.34. The predicted octanol–water partition coefficient (Wildman–Crippen LogP) is 3.53. The fourth-order valence-corrected chi connectivity index (χ4v) is 5.06. The molecule has 1 fully saturated rings. The number of benzene rings is 2. The normalized spacial score (nSPS) is 17.4. The van der Waals surface area contributed by atoms with E-state index in [1.807, 2.05) is 11.0 Å². The number of hydrogen-bond acceptors (Lipinski definition) is 6. The van der Waals surface area contributed by atoms with Crippen LogP contribution < -0.4 is 4.90 Å². The van der Waals surface area contributed by atoms with Crippen molar-refractivity contribution < 1.29 is 23.3 Å². The first-order chi connectivity index (χ1) is 17.4. The van der Waals surface area contributed by atoms with E-state index in [2.05, 4.69) is 5.16 Å². The van der Waals surface area contributed by atoms with Gasteiger partial charge in [0.25, 0.3) is 11.8 Å². The zero-order valence-electron chi connectivity index (χ0n) is 20.0. The molecule has 3 aromatic rings. The van der Waals surface area contributed by atoms with E-state index in [9.17, 15) is 18.8 Å². The Labute approximate surface area is 208 Å². The van der Waals surface area contributed by atoms with Crippen LogP contribution in [0.5, 0.6) is 0 Å². The van der Waals surface area contributed by atoms with Crippen molar-refractivity contribution in [2.75, 3.05) is 31.6 Å². The number of imide groups is 1. The van der Waals surface area contributed by atoms with E-state index in [4.69, 9.17) is 4.52 Å². The zero-order valence-corrected chi connectivity index (χ0v) is 20.0. The average Bonchev–Trinajstić information content (AvgIpc) is 3.48. The van der Waals surface area contributed by atoms with E-state index in [0.717, 1.165) is 18.4 Å². The number of fused-ring (bicyclic) bond motifs is 1. The topological polar surface area (TPSA) is 87.0 Å². The molecule has 1 atom stereocenters. The van der Waals surface area contributed by atoms with Crippen LogP contribution in [0.25, 0.3) is 0 Å². The van der Waals surface area contributed by atoms with Gasteiger partial charge in [-0.15, -0.1) is 0 Å². The maximum atomic E-state index is 13.5. The predicted molar refractivity (Wildman–Crippen MR) is 130 cm³/mol. The monoisotopic (exact) mass is 490 g/mol. The maximum Gasteiger partial charge on any atom is 0.263 e. The van der Waals surface area contributed by atoms with E-state index in [-0.39, 0.29) is 36.0 Å². The Balaban J connectivity index is 1.31. The molecule has 5 rings (SSSR count). The molecular weight excluding hydrogens is 463 g/mol. The number of hydrogen-bond donors (Lipinski definition) is 0. The summed E-state index contributed by atoms with van der Waals surface area (Å²) < 4.78 is 18.4. The molecule has 0 saturated carbocycles. The minimum absolute atomic E-state index is 0.00870. The second-order valence-corrected chi connectivity index (χ2v) is 9.31. The lowest BCUT2D eigenvalue weighted by Crippen LogP contribution is -2.44. The Bertz CT molecular complexity index is 1290. The molecule has 1 aromatic heterocycles. The molecule has 3 heterocycles. The van der Waals surface area contributed by atoms with Gasteiger partial charge >= 0.3 is 0 Å². The lowest BCUT2D eigenvalue weighted by molar-refractivity contribution is -0.135. The van der Waals surface area contributed by atoms with E-state index >= 15 is 0 Å². The number of aromatic nitrogens is 1. The Hall–Kier alpha value is -4.01. The molecule has 0 N–H and O–H groups in total. The number of nitrogens with zero attached hydrogens (tertiary/aromatic N) is 4. The largest absolute Gasteiger partial charge is 0.370 e. The van der Waals surface area contributed by atoms with Crippen molar-refractivity contribution in [2.45, 2.75) is 25.8 Å². The van der Waals surface area contributed by atoms with Crippen LogP contribution in [-0.2, 0) is 17.8 Å². The SMILES string of the molecule is CN(Cc1ccon1)C(=O)[C@@H]1CCCN(c2cccc3c2C(=O)N(CCc2cccc(F)c2)C3=O)C1. The lowest BCUT2D eigenvalue weighted by Gasteiger charge is -2.36. The van der Waals surface area contributed by atoms with Gasteiger partial charge in [0.05, 0.1) is 29.3 Å². The van der Waals surface area contributed by atoms with E-state index in [0.29, 0.717) is 48.6 Å². The molecule has 2 aliphatic heterocycles. The van der Waals surface area contributed by atoms with E-state index in [1.54, 1.807) is 42.3 Å². The summed E-state index contributed by atoms with van der Waals surface area (Å²) in [7, 11) is 1.74. The first-order valence-corrected chi connectivity index (χ1v) is 12.0. The molecule has 0 unspecified atom stereocenters. The highest BCUT2D eigenvalue weighted by Gasteiger charge is 2.39. The van der Waals surface area contributed by atoms with E-state index < -0.39 is 0 Å². The van der Waals surface area contributed by atoms with Crippen molar-refractivity contribution >= 4 is 23.4 Å². The second kappa shape index (κ2) is 9.93. The number of rotatable bonds is 7. The number of carbonyl (C=O) groups excluding carboxylic acids is 3. The minimum atomic E-state index is -0.349. The van der Waals surface area contributed by atoms with Crippen molar-refractivity contribution in [3.05, 3.63) is 83.0 Å². The van der Waals surface area contributed by atoms with Crippen molar-refractivity contribution in [2.24, 2.45) is 5.92 Å². The van der Waals surface area contributed by atoms with Crippen molar-refractivity contribution in [1.29, 1.82) is 0 Å². The summed E-state index contributed by atoms with van der Waals surface area (Å²) in [5.41, 5.74) is 2.83. The van der Waals surface area contributed by atoms with Crippen LogP contribution in [0.2, 0.25) is 0 Å². The number of anilines is 1. The molecule has 8 nitrogen and oxygen atoms in total. The fourth-order valence-electron chi connectivity index (χ4n) is 5.06. The average molecular weight is 491 g/mol. The van der Waals surface area contributed by atoms with Crippen LogP contribution in [0.15, 0.2) is 59.3 Å². The van der Waals surface area contributed by atoms with Crippen LogP contribution in [0.3, 0.4) is 0 Å². The molecule has 9 heteroatoms. The van der Waals surface area contributed by atoms with Crippen LogP contribution in [-0.4, -0.2) is 59.4 Å². The third kappa shape index (κ3) is 4.60. The smallest absolute Gasteiger partial charge is 0.263 e. The number of amides is 3. The fraction of sp³-hybridized carbons (Fsp3) is 0.333. The molecule has 0 spiro atoms.